The monoisotopic (exact) mass is 1850 g/mol. The summed E-state index contributed by atoms with van der Waals surface area (Å²) in [6.45, 7) is -0.901. The van der Waals surface area contributed by atoms with E-state index in [4.69, 9.17) is 65.2 Å². The summed E-state index contributed by atoms with van der Waals surface area (Å²) in [4.78, 5) is 37.3. The van der Waals surface area contributed by atoms with E-state index in [0.29, 0.717) is 79.8 Å². The van der Waals surface area contributed by atoms with Gasteiger partial charge >= 0.3 is 12.4 Å². The number of halogens is 17. The molecule has 4 aliphatic carbocycles. The number of benzene rings is 4. The minimum Gasteiger partial charge on any atom is -0.375 e. The number of aromatic nitrogens is 10. The maximum Gasteiger partial charge on any atom is 0.435 e. The number of aryl methyl sites for hydroxylation is 2. The number of hydrogen-bond donors (Lipinski definition) is 2. The van der Waals surface area contributed by atoms with Crippen molar-refractivity contribution in [3.05, 3.63) is 197 Å². The number of aliphatic hydroxyl groups is 2. The van der Waals surface area contributed by atoms with Gasteiger partial charge in [-0.3, -0.25) is 28.3 Å². The highest BCUT2D eigenvalue weighted by atomic mass is 35.5. The van der Waals surface area contributed by atoms with E-state index < -0.39 is 209 Å². The largest absolute Gasteiger partial charge is 0.435 e. The van der Waals surface area contributed by atoms with Crippen LogP contribution in [0, 0.1) is 71.1 Å². The first-order valence-electron chi connectivity index (χ1n) is 38.9. The molecule has 2 unspecified atom stereocenters. The highest BCUT2D eigenvalue weighted by Gasteiger charge is 2.70. The summed E-state index contributed by atoms with van der Waals surface area (Å²) in [6, 6.07) is 17.7. The zero-order chi connectivity index (χ0) is 89.8. The summed E-state index contributed by atoms with van der Waals surface area (Å²) in [5.41, 5.74) is -5.92. The van der Waals surface area contributed by atoms with E-state index >= 15 is 17.6 Å². The Bertz CT molecular complexity index is 6430. The highest BCUT2D eigenvalue weighted by molar-refractivity contribution is 7.90. The standard InChI is InChI=1S/C42H35ClF7N5O6S.C34H26Cl2F7N5O3S.C8H10O3/c1-54-36-27(5-6-31(43)34(36)32(52-54)18-62(2,58)59)26-4-3-24(7-9-40(57)19-61-39-29(40)8-10-60-39)51-35(26)21(11-20-12-22(44)15-23(45)13-20)14-25(56)17-55-38-33(37(53-55)42(48,49)50)28-16-30(28)41(38,46)47;1-47-30-21(3-5-24(35)28(30)25(45-47)14-52(2,50)51)20-4-6-26(36)44-29(20)16(7-15-8-17(37)11-18(38)9-15)10-19(49)13-48-32-27(31(46-48)34(41,42)43)22-12-23(22)33(32,39)40;1-2-8(9)5-11-7-6(8)3-4-10-7/h3-6,12-13,15,21,28-30,39,57H,8,10-11,14,16-19H2,1-2H3;3-6,8-9,11,16,22-23H,7,10,12-14H2,1-2H3;1,6-7,9H,3-5H2/t21-,28+,29-,30-,39-,40?;16-,22+,23-;6-,7-,8?/m111/s1. The Hall–Kier alpha value is -9.45. The summed E-state index contributed by atoms with van der Waals surface area (Å²) in [6.07, 6.45) is -4.48. The van der Waals surface area contributed by atoms with Crippen LogP contribution >= 0.6 is 34.8 Å². The number of Topliss-reactive ketones (excluding diaryl/α,β-unsaturated/α-hetero) is 2. The molecule has 2 saturated carbocycles. The van der Waals surface area contributed by atoms with Crippen molar-refractivity contribution in [2.75, 3.05) is 38.9 Å². The first-order chi connectivity index (χ1) is 58.6. The number of carbonyl (C=O) groups is 2. The van der Waals surface area contributed by atoms with Crippen molar-refractivity contribution in [1.82, 2.24) is 49.1 Å². The molecule has 4 aromatic carbocycles. The normalized spacial score (nSPS) is 23.9. The number of terminal acetylenes is 1. The number of sulfone groups is 2. The van der Waals surface area contributed by atoms with Crippen LogP contribution in [-0.4, -0.2) is 150 Å². The minimum atomic E-state index is -5.07. The number of hydrogen-bond acceptors (Lipinski definition) is 18. The van der Waals surface area contributed by atoms with Gasteiger partial charge in [-0.05, 0) is 128 Å². The van der Waals surface area contributed by atoms with Crippen molar-refractivity contribution in [1.29, 1.82) is 0 Å². The Kier molecular flexibility index (Phi) is 23.0. The Morgan fingerprint density at radius 3 is 1.38 bits per heavy atom. The van der Waals surface area contributed by atoms with Gasteiger partial charge < -0.3 is 29.2 Å². The third kappa shape index (κ3) is 17.3. The number of alkyl halides is 10. The number of nitrogens with zero attached hydrogens (tertiary/aromatic N) is 10. The van der Waals surface area contributed by atoms with E-state index in [0.717, 1.165) is 43.2 Å². The lowest BCUT2D eigenvalue weighted by atomic mass is 9.86. The highest BCUT2D eigenvalue weighted by Crippen LogP contribution is 2.70. The number of pyridine rings is 2. The molecular weight excluding hydrogens is 1780 g/mol. The molecule has 0 spiro atoms. The summed E-state index contributed by atoms with van der Waals surface area (Å²) in [5, 5.41) is 37.9. The number of carbonyl (C=O) groups excluding carboxylic acids is 2. The molecule has 0 radical (unpaired) electrons. The van der Waals surface area contributed by atoms with Crippen LogP contribution in [-0.2, 0) is 124 Å². The van der Waals surface area contributed by atoms with Gasteiger partial charge in [-0.1, -0.05) is 58.8 Å². The van der Waals surface area contributed by atoms with Gasteiger partial charge in [0.1, 0.15) is 58.6 Å². The molecule has 2 N–H and O–H groups in total. The van der Waals surface area contributed by atoms with Crippen molar-refractivity contribution in [3.63, 3.8) is 0 Å². The van der Waals surface area contributed by atoms with Crippen LogP contribution in [0.15, 0.2) is 84.9 Å². The van der Waals surface area contributed by atoms with Gasteiger partial charge in [-0.2, -0.15) is 64.3 Å². The molecule has 10 heterocycles. The Balaban J connectivity index is 0.000000166. The van der Waals surface area contributed by atoms with E-state index in [-0.39, 0.29) is 111 Å². The predicted octanol–water partition coefficient (Wildman–Crippen LogP) is 14.9. The van der Waals surface area contributed by atoms with Crippen LogP contribution in [0.4, 0.5) is 61.5 Å². The van der Waals surface area contributed by atoms with E-state index in [1.807, 2.05) is 0 Å². The molecule has 22 nitrogen and oxygen atoms in total. The van der Waals surface area contributed by atoms with Crippen molar-refractivity contribution >= 4 is 87.8 Å². The lowest BCUT2D eigenvalue weighted by Gasteiger charge is -2.22. The second kappa shape index (κ2) is 32.4. The lowest BCUT2D eigenvalue weighted by molar-refractivity contribution is -0.143. The molecule has 0 bridgehead atoms. The Morgan fingerprint density at radius 1 is 0.560 bits per heavy atom. The van der Waals surface area contributed by atoms with Crippen LogP contribution in [0.2, 0.25) is 15.2 Å². The Labute approximate surface area is 717 Å². The van der Waals surface area contributed by atoms with E-state index in [2.05, 4.69) is 43.1 Å². The van der Waals surface area contributed by atoms with Crippen molar-refractivity contribution < 1.29 is 117 Å². The minimum absolute atomic E-state index is 0.0208. The maximum atomic E-state index is 15.5. The van der Waals surface area contributed by atoms with E-state index in [9.17, 15) is 80.5 Å². The molecule has 41 heteroatoms. The molecule has 18 rings (SSSR count). The molecule has 4 saturated heterocycles. The van der Waals surface area contributed by atoms with Crippen LogP contribution in [0.25, 0.3) is 44.1 Å². The summed E-state index contributed by atoms with van der Waals surface area (Å²) in [7, 11) is -4.06. The summed E-state index contributed by atoms with van der Waals surface area (Å²) in [5.74, 6) is -13.0. The number of fused-ring (bicyclic) bond motifs is 10. The Morgan fingerprint density at radius 2 is 0.960 bits per heavy atom. The smallest absolute Gasteiger partial charge is 0.375 e. The van der Waals surface area contributed by atoms with Gasteiger partial charge in [0.25, 0.3) is 11.8 Å². The molecule has 4 aliphatic heterocycles. The zero-order valence-corrected chi connectivity index (χ0v) is 69.8. The quantitative estimate of drug-likeness (QED) is 0.0407. The fraction of sp³-hybridized carbons (Fsp3) is 0.429. The van der Waals surface area contributed by atoms with Crippen LogP contribution in [0.3, 0.4) is 0 Å². The summed E-state index contributed by atoms with van der Waals surface area (Å²) >= 11 is 19.6. The van der Waals surface area contributed by atoms with Gasteiger partial charge in [-0.15, -0.1) is 6.42 Å². The lowest BCUT2D eigenvalue weighted by Crippen LogP contribution is -2.35. The predicted molar refractivity (Wildman–Crippen MR) is 422 cm³/mol. The first kappa shape index (κ1) is 89.0. The molecule has 10 aromatic rings. The van der Waals surface area contributed by atoms with Crippen molar-refractivity contribution in [3.8, 4) is 46.4 Å². The number of rotatable bonds is 20. The van der Waals surface area contributed by atoms with E-state index in [1.54, 1.807) is 38.4 Å². The molecule has 6 aromatic heterocycles. The SMILES string of the molecule is C#CC1(O)CO[C@H]2OCC[C@H]21.Cn1nc(CS(C)(=O)=O)c2c(Cl)ccc(-c3ccc(C#CC4(O)CO[C@H]5OCC[C@H]54)nc3[C@@H](CC(=O)Cn3nc(C(F)(F)F)c4c3C(F)(F)[C@@H]3C[C@H]43)Cc3cc(F)cc(F)c3)c21.Cn1nc(CS(C)(=O)=O)c2c(Cl)ccc(-c3ccc(Cl)nc3[C@@H](CC(=O)Cn3nc(C(F)(F)F)c4c3C(F)(F)[C@@H]3C[C@H]43)Cc3cc(F)cc(F)c3)c21. The average molecular weight is 1850 g/mol. The molecule has 125 heavy (non-hydrogen) atoms. The second-order valence-corrected chi connectivity index (χ2v) is 38.2. The fourth-order valence-electron chi connectivity index (χ4n) is 18.3. The molecule has 0 amide bonds. The van der Waals surface area contributed by atoms with Crippen molar-refractivity contribution in [2.24, 2.45) is 37.8 Å². The third-order valence-electron chi connectivity index (χ3n) is 23.7. The molecule has 660 valence electrons. The second-order valence-electron chi connectivity index (χ2n) is 32.8. The van der Waals surface area contributed by atoms with Gasteiger partial charge in [0, 0.05) is 119 Å². The van der Waals surface area contributed by atoms with E-state index in [1.165, 1.54) is 33.6 Å². The topological polar surface area (TPSA) is 277 Å². The van der Waals surface area contributed by atoms with Crippen LogP contribution in [0.5, 0.6) is 0 Å². The van der Waals surface area contributed by atoms with Crippen LogP contribution in [0.1, 0.15) is 136 Å². The van der Waals surface area contributed by atoms with Crippen LogP contribution < -0.4 is 0 Å². The molecule has 8 aliphatic rings. The first-order valence-corrected chi connectivity index (χ1v) is 44.1. The van der Waals surface area contributed by atoms with Gasteiger partial charge in [-0.25, -0.2) is 44.4 Å². The third-order valence-corrected chi connectivity index (χ3v) is 26.1. The maximum absolute atomic E-state index is 15.5. The molecule has 6 fully saturated rings. The molecule has 12 atom stereocenters. The summed E-state index contributed by atoms with van der Waals surface area (Å²) < 4.78 is 278. The van der Waals surface area contributed by atoms with Gasteiger partial charge in [0.15, 0.2) is 66.4 Å². The number of ether oxygens (including phenoxy) is 4. The van der Waals surface area contributed by atoms with Gasteiger partial charge in [0.05, 0.1) is 93.6 Å². The van der Waals surface area contributed by atoms with Crippen molar-refractivity contribution in [2.45, 2.75) is 148 Å². The number of ketones is 2. The van der Waals surface area contributed by atoms with Gasteiger partial charge in [0.2, 0.25) is 0 Å². The fourth-order valence-corrected chi connectivity index (χ4v) is 20.4. The zero-order valence-electron chi connectivity index (χ0n) is 65.9. The average Bonchev–Trinajstić information content (AvgIpc) is 1.52. The molecular formula is C84H71Cl3F14N10O12S2.